The van der Waals surface area contributed by atoms with E-state index in [-0.39, 0.29) is 18.4 Å². The quantitative estimate of drug-likeness (QED) is 0.753. The Morgan fingerprint density at radius 3 is 2.74 bits per heavy atom. The Labute approximate surface area is 112 Å². The molecule has 3 N–H and O–H groups in total. The summed E-state index contributed by atoms with van der Waals surface area (Å²) in [5, 5.41) is 8.62. The van der Waals surface area contributed by atoms with Gasteiger partial charge in [-0.05, 0) is 24.5 Å². The van der Waals surface area contributed by atoms with Crippen molar-refractivity contribution in [2.75, 3.05) is 11.4 Å². The minimum absolute atomic E-state index is 0.163. The molecule has 0 saturated carbocycles. The zero-order chi connectivity index (χ0) is 13.8. The van der Waals surface area contributed by atoms with E-state index in [9.17, 15) is 9.59 Å². The summed E-state index contributed by atoms with van der Waals surface area (Å²) in [5.41, 5.74) is 7.62. The van der Waals surface area contributed by atoms with Crippen LogP contribution in [0.5, 0.6) is 0 Å². The van der Waals surface area contributed by atoms with Gasteiger partial charge in [0.15, 0.2) is 0 Å². The molecule has 0 spiro atoms. The second-order valence-corrected chi connectivity index (χ2v) is 4.80. The maximum atomic E-state index is 11.5. The molecule has 0 aliphatic carbocycles. The van der Waals surface area contributed by atoms with Crippen LogP contribution in [-0.2, 0) is 16.0 Å². The summed E-state index contributed by atoms with van der Waals surface area (Å²) in [6.45, 7) is 0.665. The largest absolute Gasteiger partial charge is 0.481 e. The molecule has 0 unspecified atom stereocenters. The Bertz CT molecular complexity index is 487. The van der Waals surface area contributed by atoms with E-state index in [0.29, 0.717) is 19.4 Å². The summed E-state index contributed by atoms with van der Waals surface area (Å²) in [6, 6.07) is 7.57. The number of aliphatic carboxylic acids is 1. The van der Waals surface area contributed by atoms with Crippen molar-refractivity contribution in [3.8, 4) is 0 Å². The van der Waals surface area contributed by atoms with Crippen LogP contribution in [0.3, 0.4) is 0 Å². The number of fused-ring (bicyclic) bond motifs is 1. The normalized spacial score (nSPS) is 17.3. The fourth-order valence-electron chi connectivity index (χ4n) is 2.54. The van der Waals surface area contributed by atoms with Gasteiger partial charge in [0.05, 0.1) is 0 Å². The van der Waals surface area contributed by atoms with Crippen molar-refractivity contribution in [3.05, 3.63) is 29.8 Å². The summed E-state index contributed by atoms with van der Waals surface area (Å²) in [4.78, 5) is 24.0. The third-order valence-electron chi connectivity index (χ3n) is 3.46. The fraction of sp³-hybridized carbons (Fsp3) is 0.429. The van der Waals surface area contributed by atoms with Gasteiger partial charge in [-0.1, -0.05) is 18.2 Å². The van der Waals surface area contributed by atoms with Crippen LogP contribution < -0.4 is 10.6 Å². The number of carboxylic acid groups (broad SMARTS) is 1. The average molecular weight is 262 g/mol. The van der Waals surface area contributed by atoms with Gasteiger partial charge in [0.1, 0.15) is 6.04 Å². The molecule has 1 aromatic carbocycles. The summed E-state index contributed by atoms with van der Waals surface area (Å²) in [7, 11) is 0. The van der Waals surface area contributed by atoms with Crippen LogP contribution in [0.2, 0.25) is 0 Å². The van der Waals surface area contributed by atoms with E-state index in [2.05, 4.69) is 0 Å². The van der Waals surface area contributed by atoms with Crippen molar-refractivity contribution in [1.29, 1.82) is 0 Å². The second kappa shape index (κ2) is 5.73. The lowest BCUT2D eigenvalue weighted by Crippen LogP contribution is -2.43. The van der Waals surface area contributed by atoms with Gasteiger partial charge in [-0.3, -0.25) is 9.59 Å². The smallest absolute Gasteiger partial charge is 0.303 e. The summed E-state index contributed by atoms with van der Waals surface area (Å²) in [6.07, 6.45) is 2.16. The van der Waals surface area contributed by atoms with Gasteiger partial charge in [0.2, 0.25) is 5.91 Å². The zero-order valence-electron chi connectivity index (χ0n) is 10.7. The Morgan fingerprint density at radius 1 is 1.32 bits per heavy atom. The molecule has 1 aromatic rings. The number of nitrogens with zero attached hydrogens (tertiary/aromatic N) is 1. The van der Waals surface area contributed by atoms with Crippen molar-refractivity contribution in [3.63, 3.8) is 0 Å². The highest BCUT2D eigenvalue weighted by Crippen LogP contribution is 2.32. The number of hydrogen-bond acceptors (Lipinski definition) is 3. The summed E-state index contributed by atoms with van der Waals surface area (Å²) >= 11 is 0. The van der Waals surface area contributed by atoms with Crippen LogP contribution in [0.15, 0.2) is 24.3 Å². The van der Waals surface area contributed by atoms with Crippen LogP contribution in [0, 0.1) is 0 Å². The first-order valence-corrected chi connectivity index (χ1v) is 6.45. The molecule has 5 heteroatoms. The number of primary amides is 1. The molecular formula is C14H18N2O3. The van der Waals surface area contributed by atoms with Crippen molar-refractivity contribution in [2.24, 2.45) is 5.73 Å². The van der Waals surface area contributed by atoms with Crippen molar-refractivity contribution in [2.45, 2.75) is 31.7 Å². The highest BCUT2D eigenvalue weighted by molar-refractivity contribution is 5.86. The van der Waals surface area contributed by atoms with Gasteiger partial charge in [-0.25, -0.2) is 0 Å². The van der Waals surface area contributed by atoms with Gasteiger partial charge < -0.3 is 15.7 Å². The molecule has 0 aromatic heterocycles. The van der Waals surface area contributed by atoms with Gasteiger partial charge >= 0.3 is 5.97 Å². The molecule has 1 aliphatic heterocycles. The fourth-order valence-corrected chi connectivity index (χ4v) is 2.54. The monoisotopic (exact) mass is 262 g/mol. The number of unbranched alkanes of at least 4 members (excludes halogenated alkanes) is 1. The topological polar surface area (TPSA) is 83.6 Å². The molecule has 19 heavy (non-hydrogen) atoms. The SMILES string of the molecule is NC(=O)[C@@H]1Cc2ccccc2N1CCCCC(=O)O. The van der Waals surface area contributed by atoms with Gasteiger partial charge in [0, 0.05) is 25.1 Å². The van der Waals surface area contributed by atoms with Crippen LogP contribution >= 0.6 is 0 Å². The van der Waals surface area contributed by atoms with Crippen molar-refractivity contribution < 1.29 is 14.7 Å². The third kappa shape index (κ3) is 3.05. The first kappa shape index (κ1) is 13.4. The Balaban J connectivity index is 2.02. The van der Waals surface area contributed by atoms with E-state index in [1.54, 1.807) is 0 Å². The zero-order valence-corrected chi connectivity index (χ0v) is 10.7. The molecule has 0 saturated heterocycles. The number of amides is 1. The van der Waals surface area contributed by atoms with Crippen LogP contribution in [0.1, 0.15) is 24.8 Å². The van der Waals surface area contributed by atoms with E-state index >= 15 is 0 Å². The van der Waals surface area contributed by atoms with Gasteiger partial charge in [-0.2, -0.15) is 0 Å². The number of benzene rings is 1. The molecular weight excluding hydrogens is 244 g/mol. The number of para-hydroxylation sites is 1. The third-order valence-corrected chi connectivity index (χ3v) is 3.46. The van der Waals surface area contributed by atoms with Crippen LogP contribution in [0.4, 0.5) is 5.69 Å². The van der Waals surface area contributed by atoms with E-state index in [1.165, 1.54) is 0 Å². The standard InChI is InChI=1S/C14H18N2O3/c15-14(19)12-9-10-5-1-2-6-11(10)16(12)8-4-3-7-13(17)18/h1-2,5-6,12H,3-4,7-9H2,(H2,15,19)(H,17,18)/t12-/m0/s1. The molecule has 0 radical (unpaired) electrons. The first-order valence-electron chi connectivity index (χ1n) is 6.45. The lowest BCUT2D eigenvalue weighted by Gasteiger charge is -2.25. The predicted octanol–water partition coefficient (Wildman–Crippen LogP) is 1.16. The van der Waals surface area contributed by atoms with E-state index in [4.69, 9.17) is 10.8 Å². The Kier molecular flexibility index (Phi) is 4.04. The minimum atomic E-state index is -0.784. The Hall–Kier alpha value is -2.04. The molecule has 5 nitrogen and oxygen atoms in total. The van der Waals surface area contributed by atoms with E-state index < -0.39 is 5.97 Å². The van der Waals surface area contributed by atoms with E-state index in [1.807, 2.05) is 29.2 Å². The number of carboxylic acids is 1. The maximum absolute atomic E-state index is 11.5. The number of carbonyl (C=O) groups is 2. The second-order valence-electron chi connectivity index (χ2n) is 4.80. The van der Waals surface area contributed by atoms with Gasteiger partial charge in [-0.15, -0.1) is 0 Å². The minimum Gasteiger partial charge on any atom is -0.481 e. The molecule has 1 amide bonds. The number of nitrogens with two attached hydrogens (primary N) is 1. The maximum Gasteiger partial charge on any atom is 0.303 e. The lowest BCUT2D eigenvalue weighted by atomic mass is 10.1. The number of carbonyl (C=O) groups excluding carboxylic acids is 1. The molecule has 1 atom stereocenters. The average Bonchev–Trinajstić information content (AvgIpc) is 2.73. The molecule has 0 bridgehead atoms. The molecule has 2 rings (SSSR count). The molecule has 1 heterocycles. The first-order chi connectivity index (χ1) is 9.09. The summed E-state index contributed by atoms with van der Waals surface area (Å²) in [5.74, 6) is -1.11. The van der Waals surface area contributed by atoms with Gasteiger partial charge in [0.25, 0.3) is 0 Å². The van der Waals surface area contributed by atoms with E-state index in [0.717, 1.165) is 17.7 Å². The predicted molar refractivity (Wildman–Crippen MR) is 72.0 cm³/mol. The molecule has 1 aliphatic rings. The highest BCUT2D eigenvalue weighted by atomic mass is 16.4. The van der Waals surface area contributed by atoms with Crippen molar-refractivity contribution in [1.82, 2.24) is 0 Å². The Morgan fingerprint density at radius 2 is 2.05 bits per heavy atom. The van der Waals surface area contributed by atoms with Crippen molar-refractivity contribution >= 4 is 17.6 Å². The van der Waals surface area contributed by atoms with Crippen LogP contribution in [0.25, 0.3) is 0 Å². The highest BCUT2D eigenvalue weighted by Gasteiger charge is 2.32. The number of hydrogen-bond donors (Lipinski definition) is 2. The molecule has 102 valence electrons. The van der Waals surface area contributed by atoms with Crippen LogP contribution in [-0.4, -0.2) is 29.6 Å². The number of rotatable bonds is 6. The molecule has 0 fully saturated rings. The lowest BCUT2D eigenvalue weighted by molar-refractivity contribution is -0.137. The summed E-state index contributed by atoms with van der Waals surface area (Å²) < 4.78 is 0. The number of anilines is 1.